The third-order valence-electron chi connectivity index (χ3n) is 4.65. The van der Waals surface area contributed by atoms with E-state index in [4.69, 9.17) is 0 Å². The van der Waals surface area contributed by atoms with Crippen molar-refractivity contribution in [3.8, 4) is 0 Å². The van der Waals surface area contributed by atoms with Crippen LogP contribution in [0.4, 0.5) is 0 Å². The van der Waals surface area contributed by atoms with Gasteiger partial charge in [0.1, 0.15) is 0 Å². The van der Waals surface area contributed by atoms with Crippen molar-refractivity contribution in [1.29, 1.82) is 0 Å². The van der Waals surface area contributed by atoms with Crippen molar-refractivity contribution in [3.05, 3.63) is 0 Å². The Morgan fingerprint density at radius 3 is 2.76 bits per heavy atom. The summed E-state index contributed by atoms with van der Waals surface area (Å²) in [4.78, 5) is 14.6. The molecule has 2 rings (SSSR count). The molecule has 0 aromatic heterocycles. The molecule has 3 heteroatoms. The van der Waals surface area contributed by atoms with Crippen LogP contribution in [0.25, 0.3) is 0 Å². The number of rotatable bonds is 3. The van der Waals surface area contributed by atoms with Gasteiger partial charge in [-0.25, -0.2) is 0 Å². The molecule has 2 aliphatic rings. The minimum atomic E-state index is 0.220. The highest BCUT2D eigenvalue weighted by Gasteiger charge is 2.42. The maximum absolute atomic E-state index is 12.5. The lowest BCUT2D eigenvalue weighted by Crippen LogP contribution is -2.39. The minimum Gasteiger partial charge on any atom is -0.342 e. The number of hydrogen-bond donors (Lipinski definition) is 1. The molecule has 0 radical (unpaired) electrons. The lowest BCUT2D eigenvalue weighted by molar-refractivity contribution is -0.137. The Morgan fingerprint density at radius 2 is 2.18 bits per heavy atom. The number of hydrogen-bond acceptors (Lipinski definition) is 2. The van der Waals surface area contributed by atoms with Gasteiger partial charge in [-0.1, -0.05) is 20.3 Å². The second-order valence-electron chi connectivity index (χ2n) is 6.43. The van der Waals surface area contributed by atoms with Crippen molar-refractivity contribution >= 4 is 5.91 Å². The van der Waals surface area contributed by atoms with Gasteiger partial charge >= 0.3 is 0 Å². The highest BCUT2D eigenvalue weighted by Crippen LogP contribution is 2.43. The molecule has 0 aromatic rings. The Bertz CT molecular complexity index is 288. The van der Waals surface area contributed by atoms with Crippen LogP contribution in [0.15, 0.2) is 0 Å². The summed E-state index contributed by atoms with van der Waals surface area (Å²) >= 11 is 0. The number of nitrogens with one attached hydrogen (secondary N) is 1. The van der Waals surface area contributed by atoms with Gasteiger partial charge in [0.05, 0.1) is 0 Å². The summed E-state index contributed by atoms with van der Waals surface area (Å²) in [6, 6.07) is 0. The summed E-state index contributed by atoms with van der Waals surface area (Å²) in [6.07, 6.45) is 4.69. The van der Waals surface area contributed by atoms with Crippen LogP contribution in [-0.4, -0.2) is 37.5 Å². The number of likely N-dealkylation sites (tertiary alicyclic amines) is 1. The fourth-order valence-corrected chi connectivity index (χ4v) is 3.49. The normalized spacial score (nSPS) is 32.1. The average Bonchev–Trinajstić information content (AvgIpc) is 2.84. The molecule has 1 saturated carbocycles. The molecule has 0 spiro atoms. The second-order valence-corrected chi connectivity index (χ2v) is 6.43. The van der Waals surface area contributed by atoms with E-state index in [1.807, 2.05) is 7.05 Å². The molecule has 1 N–H and O–H groups in total. The van der Waals surface area contributed by atoms with Gasteiger partial charge in [-0.05, 0) is 44.2 Å². The molecule has 2 unspecified atom stereocenters. The molecular weight excluding hydrogens is 212 g/mol. The van der Waals surface area contributed by atoms with E-state index < -0.39 is 0 Å². The average molecular weight is 238 g/mol. The molecule has 1 heterocycles. The van der Waals surface area contributed by atoms with Gasteiger partial charge in [-0.3, -0.25) is 4.79 Å². The van der Waals surface area contributed by atoms with Crippen LogP contribution in [0, 0.1) is 17.3 Å². The summed E-state index contributed by atoms with van der Waals surface area (Å²) in [5.41, 5.74) is 0.220. The van der Waals surface area contributed by atoms with Gasteiger partial charge in [0.2, 0.25) is 5.91 Å². The van der Waals surface area contributed by atoms with E-state index in [-0.39, 0.29) is 11.3 Å². The molecule has 1 aliphatic heterocycles. The third kappa shape index (κ3) is 2.65. The van der Waals surface area contributed by atoms with E-state index in [2.05, 4.69) is 24.1 Å². The van der Waals surface area contributed by atoms with Crippen LogP contribution in [-0.2, 0) is 4.79 Å². The number of nitrogens with zero attached hydrogens (tertiary/aromatic N) is 1. The van der Waals surface area contributed by atoms with Crippen molar-refractivity contribution in [2.45, 2.75) is 39.5 Å². The molecule has 3 nitrogen and oxygen atoms in total. The number of carbonyl (C=O) groups is 1. The predicted octanol–water partition coefficient (Wildman–Crippen LogP) is 1.88. The summed E-state index contributed by atoms with van der Waals surface area (Å²) in [6.45, 7) is 7.48. The van der Waals surface area contributed by atoms with Gasteiger partial charge in [0.25, 0.3) is 0 Å². The maximum atomic E-state index is 12.5. The van der Waals surface area contributed by atoms with Crippen molar-refractivity contribution in [3.63, 3.8) is 0 Å². The highest BCUT2D eigenvalue weighted by atomic mass is 16.2. The van der Waals surface area contributed by atoms with Crippen LogP contribution in [0.2, 0.25) is 0 Å². The fraction of sp³-hybridized carbons (Fsp3) is 0.929. The largest absolute Gasteiger partial charge is 0.342 e. The van der Waals surface area contributed by atoms with Crippen LogP contribution in [0.5, 0.6) is 0 Å². The summed E-state index contributed by atoms with van der Waals surface area (Å²) in [7, 11) is 1.99. The quantitative estimate of drug-likeness (QED) is 0.814. The zero-order valence-corrected chi connectivity index (χ0v) is 11.5. The van der Waals surface area contributed by atoms with Crippen molar-refractivity contribution in [2.24, 2.45) is 17.3 Å². The van der Waals surface area contributed by atoms with Crippen molar-refractivity contribution in [2.75, 3.05) is 26.7 Å². The predicted molar refractivity (Wildman–Crippen MR) is 69.7 cm³/mol. The zero-order valence-electron chi connectivity index (χ0n) is 11.5. The molecule has 2 atom stereocenters. The maximum Gasteiger partial charge on any atom is 0.226 e. The molecule has 0 bridgehead atoms. The Balaban J connectivity index is 1.93. The van der Waals surface area contributed by atoms with E-state index in [1.54, 1.807) is 0 Å². The van der Waals surface area contributed by atoms with Crippen LogP contribution < -0.4 is 5.32 Å². The Labute approximate surface area is 105 Å². The number of amides is 1. The van der Waals surface area contributed by atoms with Gasteiger partial charge in [-0.15, -0.1) is 0 Å². The lowest BCUT2D eigenvalue weighted by atomic mass is 9.81. The van der Waals surface area contributed by atoms with Crippen LogP contribution in [0.1, 0.15) is 39.5 Å². The van der Waals surface area contributed by atoms with E-state index >= 15 is 0 Å². The molecule has 98 valence electrons. The number of carbonyl (C=O) groups excluding carboxylic acids is 1. The minimum absolute atomic E-state index is 0.220. The van der Waals surface area contributed by atoms with E-state index in [0.717, 1.165) is 26.1 Å². The van der Waals surface area contributed by atoms with E-state index in [1.165, 1.54) is 19.3 Å². The third-order valence-corrected chi connectivity index (χ3v) is 4.65. The first kappa shape index (κ1) is 12.9. The van der Waals surface area contributed by atoms with Crippen LogP contribution in [0.3, 0.4) is 0 Å². The summed E-state index contributed by atoms with van der Waals surface area (Å²) < 4.78 is 0. The van der Waals surface area contributed by atoms with Crippen LogP contribution >= 0.6 is 0 Å². The van der Waals surface area contributed by atoms with Gasteiger partial charge in [0.15, 0.2) is 0 Å². The Kier molecular flexibility index (Phi) is 3.76. The van der Waals surface area contributed by atoms with Crippen molar-refractivity contribution in [1.82, 2.24) is 10.2 Å². The smallest absolute Gasteiger partial charge is 0.226 e. The lowest BCUT2D eigenvalue weighted by Gasteiger charge is -2.30. The molecule has 17 heavy (non-hydrogen) atoms. The first-order valence-electron chi connectivity index (χ1n) is 6.98. The van der Waals surface area contributed by atoms with Gasteiger partial charge in [0, 0.05) is 19.0 Å². The molecule has 1 amide bonds. The zero-order chi connectivity index (χ0) is 12.5. The first-order valence-corrected chi connectivity index (χ1v) is 6.98. The second kappa shape index (κ2) is 4.97. The topological polar surface area (TPSA) is 32.3 Å². The van der Waals surface area contributed by atoms with E-state index in [9.17, 15) is 4.79 Å². The summed E-state index contributed by atoms with van der Waals surface area (Å²) in [5.74, 6) is 1.36. The molecular formula is C14H26N2O. The Morgan fingerprint density at radius 1 is 1.41 bits per heavy atom. The monoisotopic (exact) mass is 238 g/mol. The standard InChI is InChI=1S/C14H26N2O/c1-14(2)7-4-5-12(14)13(17)16-8-6-11(10-16)9-15-3/h11-12,15H,4-10H2,1-3H3. The molecule has 1 saturated heterocycles. The molecule has 1 aliphatic carbocycles. The highest BCUT2D eigenvalue weighted by molar-refractivity contribution is 5.80. The molecule has 2 fully saturated rings. The van der Waals surface area contributed by atoms with Crippen molar-refractivity contribution < 1.29 is 4.79 Å². The van der Waals surface area contributed by atoms with Gasteiger partial charge < -0.3 is 10.2 Å². The summed E-state index contributed by atoms with van der Waals surface area (Å²) in [5, 5.41) is 3.22. The fourth-order valence-electron chi connectivity index (χ4n) is 3.49. The van der Waals surface area contributed by atoms with Gasteiger partial charge in [-0.2, -0.15) is 0 Å². The SMILES string of the molecule is CNCC1CCN(C(=O)C2CCCC2(C)C)C1. The van der Waals surface area contributed by atoms with E-state index in [0.29, 0.717) is 11.8 Å². The Hall–Kier alpha value is -0.570. The molecule has 0 aromatic carbocycles. The first-order chi connectivity index (χ1) is 8.04.